The van der Waals surface area contributed by atoms with Crippen LogP contribution in [0.15, 0.2) is 11.4 Å². The van der Waals surface area contributed by atoms with Crippen LogP contribution >= 0.6 is 11.3 Å². The normalized spacial score (nSPS) is 25.7. The fourth-order valence-corrected chi connectivity index (χ4v) is 3.39. The van der Waals surface area contributed by atoms with Crippen LogP contribution in [0.2, 0.25) is 0 Å². The van der Waals surface area contributed by atoms with Gasteiger partial charge >= 0.3 is 5.97 Å². The summed E-state index contributed by atoms with van der Waals surface area (Å²) in [6, 6.07) is 1.73. The first-order valence-electron chi connectivity index (χ1n) is 6.36. The summed E-state index contributed by atoms with van der Waals surface area (Å²) < 4.78 is 11.4. The number of anilines is 1. The molecule has 0 aromatic carbocycles. The lowest BCUT2D eigenvalue weighted by Crippen LogP contribution is -2.48. The predicted octanol–water partition coefficient (Wildman–Crippen LogP) is 2.59. The minimum Gasteiger partial charge on any atom is -0.458 e. The van der Waals surface area contributed by atoms with Crippen molar-refractivity contribution in [3.63, 3.8) is 0 Å². The van der Waals surface area contributed by atoms with Crippen LogP contribution in [0.3, 0.4) is 0 Å². The van der Waals surface area contributed by atoms with Crippen molar-refractivity contribution in [1.29, 1.82) is 0 Å². The van der Waals surface area contributed by atoms with Gasteiger partial charge < -0.3 is 15.2 Å². The van der Waals surface area contributed by atoms with E-state index in [1.807, 2.05) is 5.38 Å². The lowest BCUT2D eigenvalue weighted by atomic mass is 9.74. The fraction of sp³-hybridized carbons (Fsp3) is 0.615. The molecule has 2 heterocycles. The first-order chi connectivity index (χ1) is 8.69. The molecule has 3 rings (SSSR count). The topological polar surface area (TPSA) is 61.6 Å². The van der Waals surface area contributed by atoms with Crippen molar-refractivity contribution < 1.29 is 14.3 Å². The number of nitrogens with two attached hydrogens (primary N) is 1. The molecular weight excluding hydrogens is 250 g/mol. The SMILES string of the molecule is Nc1ccsc1C(=O)OC1CCOC2(CCC2)C1. The van der Waals surface area contributed by atoms with Gasteiger partial charge in [-0.15, -0.1) is 11.3 Å². The van der Waals surface area contributed by atoms with Crippen LogP contribution in [0.25, 0.3) is 0 Å². The maximum atomic E-state index is 12.0. The highest BCUT2D eigenvalue weighted by Gasteiger charge is 2.43. The van der Waals surface area contributed by atoms with Gasteiger partial charge in [0.15, 0.2) is 0 Å². The van der Waals surface area contributed by atoms with E-state index in [0.29, 0.717) is 17.2 Å². The van der Waals surface area contributed by atoms with Gasteiger partial charge in [-0.1, -0.05) is 0 Å². The molecule has 1 spiro atoms. The van der Waals surface area contributed by atoms with E-state index in [0.717, 1.165) is 25.7 Å². The molecule has 5 heteroatoms. The van der Waals surface area contributed by atoms with Gasteiger partial charge in [-0.05, 0) is 30.7 Å². The Bertz CT molecular complexity index is 453. The summed E-state index contributed by atoms with van der Waals surface area (Å²) in [5, 5.41) is 1.81. The standard InChI is InChI=1S/C13H17NO3S/c14-10-3-7-18-11(10)12(15)17-9-2-6-16-13(8-9)4-1-5-13/h3,7,9H,1-2,4-6,8,14H2. The van der Waals surface area contributed by atoms with E-state index in [9.17, 15) is 4.79 Å². The van der Waals surface area contributed by atoms with Gasteiger partial charge in [-0.2, -0.15) is 0 Å². The van der Waals surface area contributed by atoms with Gasteiger partial charge in [-0.3, -0.25) is 0 Å². The van der Waals surface area contributed by atoms with Crippen LogP contribution < -0.4 is 5.73 Å². The summed E-state index contributed by atoms with van der Waals surface area (Å²) in [5.41, 5.74) is 6.24. The predicted molar refractivity (Wildman–Crippen MR) is 69.7 cm³/mol. The highest BCUT2D eigenvalue weighted by molar-refractivity contribution is 7.12. The van der Waals surface area contributed by atoms with Crippen molar-refractivity contribution in [3.05, 3.63) is 16.3 Å². The molecule has 1 aliphatic carbocycles. The second-order valence-electron chi connectivity index (χ2n) is 5.11. The van der Waals surface area contributed by atoms with Gasteiger partial charge in [-0.25, -0.2) is 4.79 Å². The molecule has 1 aliphatic heterocycles. The van der Waals surface area contributed by atoms with E-state index < -0.39 is 0 Å². The van der Waals surface area contributed by atoms with Gasteiger partial charge in [0.2, 0.25) is 0 Å². The molecule has 98 valence electrons. The Balaban J connectivity index is 1.62. The largest absolute Gasteiger partial charge is 0.458 e. The lowest BCUT2D eigenvalue weighted by molar-refractivity contribution is -0.159. The van der Waals surface area contributed by atoms with E-state index >= 15 is 0 Å². The Hall–Kier alpha value is -1.07. The van der Waals surface area contributed by atoms with Gasteiger partial charge in [0, 0.05) is 12.8 Å². The number of esters is 1. The maximum absolute atomic E-state index is 12.0. The molecule has 1 saturated heterocycles. The number of ether oxygens (including phenoxy) is 2. The van der Waals surface area contributed by atoms with Crippen molar-refractivity contribution >= 4 is 23.0 Å². The van der Waals surface area contributed by atoms with Crippen LogP contribution in [0.4, 0.5) is 5.69 Å². The van der Waals surface area contributed by atoms with Gasteiger partial charge in [0.1, 0.15) is 11.0 Å². The molecular formula is C13H17NO3S. The van der Waals surface area contributed by atoms with Crippen LogP contribution in [-0.2, 0) is 9.47 Å². The van der Waals surface area contributed by atoms with Crippen LogP contribution in [0.5, 0.6) is 0 Å². The number of hydrogen-bond donors (Lipinski definition) is 1. The molecule has 0 bridgehead atoms. The number of carbonyl (C=O) groups is 1. The van der Waals surface area contributed by atoms with Crippen LogP contribution in [-0.4, -0.2) is 24.3 Å². The molecule has 18 heavy (non-hydrogen) atoms. The average molecular weight is 267 g/mol. The van der Waals surface area contributed by atoms with E-state index in [2.05, 4.69) is 0 Å². The smallest absolute Gasteiger partial charge is 0.350 e. The quantitative estimate of drug-likeness (QED) is 0.837. The monoisotopic (exact) mass is 267 g/mol. The molecule has 1 unspecified atom stereocenters. The summed E-state index contributed by atoms with van der Waals surface area (Å²) >= 11 is 1.34. The zero-order valence-electron chi connectivity index (χ0n) is 10.2. The lowest BCUT2D eigenvalue weighted by Gasteiger charge is -2.46. The van der Waals surface area contributed by atoms with Crippen molar-refractivity contribution in [3.8, 4) is 0 Å². The first-order valence-corrected chi connectivity index (χ1v) is 7.24. The number of thiophene rings is 1. The van der Waals surface area contributed by atoms with Gasteiger partial charge in [0.25, 0.3) is 0 Å². The second-order valence-corrected chi connectivity index (χ2v) is 6.03. The number of nitrogen functional groups attached to an aromatic ring is 1. The average Bonchev–Trinajstić information content (AvgIpc) is 2.74. The Kier molecular flexibility index (Phi) is 3.03. The summed E-state index contributed by atoms with van der Waals surface area (Å²) in [6.07, 6.45) is 5.03. The van der Waals surface area contributed by atoms with E-state index in [1.54, 1.807) is 6.07 Å². The van der Waals surface area contributed by atoms with Crippen molar-refractivity contribution in [2.45, 2.75) is 43.8 Å². The van der Waals surface area contributed by atoms with E-state index in [1.165, 1.54) is 17.8 Å². The second kappa shape index (κ2) is 4.55. The minimum atomic E-state index is -0.288. The molecule has 2 N–H and O–H groups in total. The molecule has 1 saturated carbocycles. The van der Waals surface area contributed by atoms with E-state index in [4.69, 9.17) is 15.2 Å². The summed E-state index contributed by atoms with van der Waals surface area (Å²) in [5.74, 6) is -0.288. The summed E-state index contributed by atoms with van der Waals surface area (Å²) in [4.78, 5) is 12.5. The van der Waals surface area contributed by atoms with Crippen molar-refractivity contribution in [2.24, 2.45) is 0 Å². The molecule has 0 amide bonds. The minimum absolute atomic E-state index is 0.00416. The Labute approximate surface area is 110 Å². The third kappa shape index (κ3) is 2.12. The summed E-state index contributed by atoms with van der Waals surface area (Å²) in [7, 11) is 0. The highest BCUT2D eigenvalue weighted by Crippen LogP contribution is 2.43. The fourth-order valence-electron chi connectivity index (χ4n) is 2.69. The molecule has 4 nitrogen and oxygen atoms in total. The summed E-state index contributed by atoms with van der Waals surface area (Å²) in [6.45, 7) is 0.692. The zero-order chi connectivity index (χ0) is 12.6. The third-order valence-electron chi connectivity index (χ3n) is 3.87. The van der Waals surface area contributed by atoms with Crippen LogP contribution in [0.1, 0.15) is 41.8 Å². The van der Waals surface area contributed by atoms with Crippen molar-refractivity contribution in [1.82, 2.24) is 0 Å². The number of hydrogen-bond acceptors (Lipinski definition) is 5. The maximum Gasteiger partial charge on any atom is 0.350 e. The Morgan fingerprint density at radius 2 is 2.39 bits per heavy atom. The molecule has 0 radical (unpaired) electrons. The molecule has 1 aromatic heterocycles. The number of rotatable bonds is 2. The van der Waals surface area contributed by atoms with Gasteiger partial charge in [0.05, 0.1) is 17.9 Å². The molecule has 1 atom stereocenters. The molecule has 1 aromatic rings. The van der Waals surface area contributed by atoms with E-state index in [-0.39, 0.29) is 17.7 Å². The Morgan fingerprint density at radius 1 is 1.56 bits per heavy atom. The zero-order valence-corrected chi connectivity index (χ0v) is 11.0. The highest BCUT2D eigenvalue weighted by atomic mass is 32.1. The third-order valence-corrected chi connectivity index (χ3v) is 4.78. The molecule has 2 fully saturated rings. The Morgan fingerprint density at radius 3 is 3.00 bits per heavy atom. The molecule has 2 aliphatic rings. The first kappa shape index (κ1) is 12.0. The van der Waals surface area contributed by atoms with Crippen molar-refractivity contribution in [2.75, 3.05) is 12.3 Å². The number of carbonyl (C=O) groups excluding carboxylic acids is 1. The van der Waals surface area contributed by atoms with Crippen LogP contribution in [0, 0.1) is 0 Å².